The Hall–Kier alpha value is -3.59. The second-order valence-corrected chi connectivity index (χ2v) is 19.8. The molecule has 3 amide bonds. The zero-order chi connectivity index (χ0) is 52.4. The highest BCUT2D eigenvalue weighted by Gasteiger charge is 2.25. The summed E-state index contributed by atoms with van der Waals surface area (Å²) in [7, 11) is 0. The van der Waals surface area contributed by atoms with Gasteiger partial charge >= 0.3 is 17.9 Å². The summed E-state index contributed by atoms with van der Waals surface area (Å²) in [6, 6.07) is -1.85. The lowest BCUT2D eigenvalue weighted by atomic mass is 10.0. The lowest BCUT2D eigenvalue weighted by Crippen LogP contribution is -2.50. The van der Waals surface area contributed by atoms with Crippen molar-refractivity contribution in [1.29, 1.82) is 0 Å². The number of carbonyl (C=O) groups is 7. The molecule has 4 atom stereocenters. The van der Waals surface area contributed by atoms with Crippen LogP contribution in [0.15, 0.2) is 0 Å². The molecule has 0 aliphatic rings. The van der Waals surface area contributed by atoms with E-state index in [9.17, 15) is 43.8 Å². The predicted octanol–water partition coefficient (Wildman–Crippen LogP) is 11.1. The van der Waals surface area contributed by atoms with Crippen molar-refractivity contribution in [2.75, 3.05) is 26.4 Å². The molecule has 0 bridgehead atoms. The molecule has 0 aliphatic carbocycles. The Kier molecular flexibility index (Phi) is 47.4. The van der Waals surface area contributed by atoms with Crippen LogP contribution in [0, 0.1) is 0 Å². The third-order valence-corrected chi connectivity index (χ3v) is 12.8. The number of aliphatic hydroxyl groups is 1. The Morgan fingerprint density at radius 3 is 1.54 bits per heavy atom. The van der Waals surface area contributed by atoms with Gasteiger partial charge in [0.1, 0.15) is 31.6 Å². The van der Waals surface area contributed by atoms with Crippen molar-refractivity contribution in [3.05, 3.63) is 0 Å². The molecule has 0 saturated heterocycles. The molecule has 414 valence electrons. The Labute approximate surface area is 430 Å². The summed E-state index contributed by atoms with van der Waals surface area (Å²) >= 11 is 0. The maximum absolute atomic E-state index is 13.5. The minimum absolute atomic E-state index is 0.0970. The van der Waals surface area contributed by atoms with Crippen LogP contribution in [0.5, 0.6) is 0 Å². The fourth-order valence-electron chi connectivity index (χ4n) is 8.55. The van der Waals surface area contributed by atoms with Gasteiger partial charge in [-0.1, -0.05) is 181 Å². The summed E-state index contributed by atoms with van der Waals surface area (Å²) in [5.41, 5.74) is 0. The molecule has 0 radical (unpaired) electrons. The molecular formula is C56H103N3O12. The Morgan fingerprint density at radius 2 is 1.00 bits per heavy atom. The highest BCUT2D eigenvalue weighted by atomic mass is 16.5. The second kappa shape index (κ2) is 50.0. The molecule has 0 heterocycles. The van der Waals surface area contributed by atoms with E-state index in [1.165, 1.54) is 103 Å². The van der Waals surface area contributed by atoms with E-state index in [0.29, 0.717) is 44.9 Å². The summed E-state index contributed by atoms with van der Waals surface area (Å²) in [4.78, 5) is 87.5. The smallest absolute Gasteiger partial charge is 0.329 e. The average Bonchev–Trinajstić information content (AvgIpc) is 3.33. The molecule has 0 aromatic heterocycles. The van der Waals surface area contributed by atoms with Gasteiger partial charge in [0.2, 0.25) is 17.7 Å². The van der Waals surface area contributed by atoms with E-state index in [1.807, 2.05) is 0 Å². The summed E-state index contributed by atoms with van der Waals surface area (Å²) in [5.74, 6) is -3.56. The number of rotatable bonds is 53. The van der Waals surface area contributed by atoms with Crippen molar-refractivity contribution in [2.24, 2.45) is 0 Å². The van der Waals surface area contributed by atoms with Crippen LogP contribution in [0.2, 0.25) is 0 Å². The lowest BCUT2D eigenvalue weighted by Gasteiger charge is -2.22. The standard InChI is InChI=1S/C56H103N3O12/c1-4-7-10-13-16-19-22-25-29-36-48(61)42-51(62)58-47(44-70-54(66)38-32-28-33-41-60)35-34-40-57-56(68)50(45-69-46-53(64)65)59-52(63)43-49(37-30-26-23-20-17-14-11-8-5-2)71-55(67)39-31-27-24-21-18-15-12-9-6-3/h41,47-50,61H,4-40,42-46H2,1-3H3,(H,57,68)(H,58,62)(H,59,63)(H,64,65)/t47-,48-,49-,50-/m1/s1. The number of carbonyl (C=O) groups excluding carboxylic acids is 6. The molecule has 0 fully saturated rings. The minimum atomic E-state index is -1.24. The highest BCUT2D eigenvalue weighted by molar-refractivity contribution is 5.88. The van der Waals surface area contributed by atoms with Crippen LogP contribution in [0.25, 0.3) is 0 Å². The predicted molar refractivity (Wildman–Crippen MR) is 281 cm³/mol. The Bertz CT molecular complexity index is 1350. The molecule has 0 unspecified atom stereocenters. The zero-order valence-electron chi connectivity index (χ0n) is 45.1. The van der Waals surface area contributed by atoms with Gasteiger partial charge < -0.3 is 45.2 Å². The number of ether oxygens (including phenoxy) is 3. The molecule has 15 nitrogen and oxygen atoms in total. The van der Waals surface area contributed by atoms with E-state index in [-0.39, 0.29) is 50.7 Å². The van der Waals surface area contributed by atoms with Crippen LogP contribution in [0.3, 0.4) is 0 Å². The fraction of sp³-hybridized carbons (Fsp3) is 0.875. The first kappa shape index (κ1) is 67.4. The molecular weight excluding hydrogens is 907 g/mol. The molecule has 71 heavy (non-hydrogen) atoms. The number of aliphatic carboxylic acids is 1. The van der Waals surface area contributed by atoms with Crippen LogP contribution in [-0.4, -0.2) is 103 Å². The van der Waals surface area contributed by atoms with Crippen LogP contribution in [0.1, 0.15) is 265 Å². The van der Waals surface area contributed by atoms with Crippen LogP contribution in [0.4, 0.5) is 0 Å². The summed E-state index contributed by atoms with van der Waals surface area (Å²) in [5, 5.41) is 28.2. The molecule has 5 N–H and O–H groups in total. The summed E-state index contributed by atoms with van der Waals surface area (Å²) in [6.45, 7) is 5.51. The van der Waals surface area contributed by atoms with Gasteiger partial charge in [0.15, 0.2) is 0 Å². The van der Waals surface area contributed by atoms with Gasteiger partial charge in [0, 0.05) is 25.8 Å². The number of carboxylic acids is 1. The molecule has 0 aromatic carbocycles. The highest BCUT2D eigenvalue weighted by Crippen LogP contribution is 2.18. The number of nitrogens with one attached hydrogen (secondary N) is 3. The molecule has 0 aliphatic heterocycles. The first-order valence-electron chi connectivity index (χ1n) is 28.6. The molecule has 0 aromatic rings. The van der Waals surface area contributed by atoms with E-state index < -0.39 is 61.3 Å². The molecule has 0 saturated carbocycles. The number of aldehydes is 1. The monoisotopic (exact) mass is 1010 g/mol. The topological polar surface area (TPSA) is 224 Å². The number of aliphatic hydroxyl groups excluding tert-OH is 1. The minimum Gasteiger partial charge on any atom is -0.480 e. The Morgan fingerprint density at radius 1 is 0.521 bits per heavy atom. The SMILES string of the molecule is CCCCCCCCCCCC(=O)O[C@H](CCCCCCCCCCC)CC(=O)N[C@H](COCC(=O)O)C(=O)NCCC[C@H](COC(=O)CCCCC=O)NC(=O)C[C@H](O)CCCCCCCCCCC. The van der Waals surface area contributed by atoms with Crippen molar-refractivity contribution in [2.45, 2.75) is 289 Å². The number of amides is 3. The van der Waals surface area contributed by atoms with Crippen LogP contribution in [-0.2, 0) is 47.8 Å². The quantitative estimate of drug-likeness (QED) is 0.0218. The van der Waals surface area contributed by atoms with Gasteiger partial charge in [0.05, 0.1) is 31.6 Å². The summed E-state index contributed by atoms with van der Waals surface area (Å²) in [6.07, 6.45) is 33.0. The van der Waals surface area contributed by atoms with Crippen molar-refractivity contribution >= 4 is 41.9 Å². The normalized spacial score (nSPS) is 12.9. The number of unbranched alkanes of at least 4 members (excludes halogenated alkanes) is 26. The molecule has 15 heteroatoms. The largest absolute Gasteiger partial charge is 0.480 e. The number of hydrogen-bond acceptors (Lipinski definition) is 11. The fourth-order valence-corrected chi connectivity index (χ4v) is 8.55. The average molecular weight is 1010 g/mol. The second-order valence-electron chi connectivity index (χ2n) is 19.8. The van der Waals surface area contributed by atoms with Crippen LogP contribution < -0.4 is 16.0 Å². The van der Waals surface area contributed by atoms with E-state index in [4.69, 9.17) is 14.2 Å². The lowest BCUT2D eigenvalue weighted by molar-refractivity contribution is -0.151. The number of hydrogen-bond donors (Lipinski definition) is 5. The maximum atomic E-state index is 13.5. The third kappa shape index (κ3) is 46.0. The van der Waals surface area contributed by atoms with Crippen molar-refractivity contribution in [3.63, 3.8) is 0 Å². The number of esters is 2. The van der Waals surface area contributed by atoms with Gasteiger partial charge in [-0.3, -0.25) is 24.0 Å². The van der Waals surface area contributed by atoms with Crippen molar-refractivity contribution in [3.8, 4) is 0 Å². The van der Waals surface area contributed by atoms with Gasteiger partial charge in [-0.15, -0.1) is 0 Å². The Balaban J connectivity index is 5.48. The number of carboxylic acid groups (broad SMARTS) is 1. The summed E-state index contributed by atoms with van der Waals surface area (Å²) < 4.78 is 16.6. The first-order valence-corrected chi connectivity index (χ1v) is 28.6. The van der Waals surface area contributed by atoms with E-state index in [0.717, 1.165) is 76.9 Å². The maximum Gasteiger partial charge on any atom is 0.329 e. The van der Waals surface area contributed by atoms with Gasteiger partial charge in [-0.2, -0.15) is 0 Å². The van der Waals surface area contributed by atoms with Crippen molar-refractivity contribution in [1.82, 2.24) is 16.0 Å². The molecule has 0 rings (SSSR count). The molecule has 0 spiro atoms. The van der Waals surface area contributed by atoms with Crippen LogP contribution >= 0.6 is 0 Å². The zero-order valence-corrected chi connectivity index (χ0v) is 45.1. The van der Waals surface area contributed by atoms with E-state index in [2.05, 4.69) is 36.7 Å². The van der Waals surface area contributed by atoms with E-state index >= 15 is 0 Å². The van der Waals surface area contributed by atoms with Crippen molar-refractivity contribution < 1.29 is 58.0 Å². The van der Waals surface area contributed by atoms with Gasteiger partial charge in [0.25, 0.3) is 0 Å². The third-order valence-electron chi connectivity index (χ3n) is 12.8. The van der Waals surface area contributed by atoms with Gasteiger partial charge in [-0.05, 0) is 51.4 Å². The van der Waals surface area contributed by atoms with E-state index in [1.54, 1.807) is 0 Å². The first-order chi connectivity index (χ1) is 34.4. The van der Waals surface area contributed by atoms with Gasteiger partial charge in [-0.25, -0.2) is 4.79 Å².